The number of carbonyl (C=O) groups is 1. The lowest BCUT2D eigenvalue weighted by Crippen LogP contribution is -2.39. The monoisotopic (exact) mass is 396 g/mol. The first-order chi connectivity index (χ1) is 12.9. The summed E-state index contributed by atoms with van der Waals surface area (Å²) >= 11 is 5.39. The van der Waals surface area contributed by atoms with Gasteiger partial charge in [-0.05, 0) is 68.1 Å². The first-order valence-electron chi connectivity index (χ1n) is 8.80. The molecular weight excluding hydrogens is 374 g/mol. The summed E-state index contributed by atoms with van der Waals surface area (Å²) in [5.74, 6) is -1.49. The number of halogens is 2. The maximum absolute atomic E-state index is 13.9. The van der Waals surface area contributed by atoms with Crippen LogP contribution in [0.2, 0.25) is 0 Å². The molecule has 146 valence electrons. The molecule has 0 bridgehead atoms. The van der Waals surface area contributed by atoms with E-state index in [1.54, 1.807) is 4.68 Å². The first-order valence-corrected chi connectivity index (χ1v) is 9.21. The summed E-state index contributed by atoms with van der Waals surface area (Å²) in [5.41, 5.74) is 15.0. The van der Waals surface area contributed by atoms with E-state index in [0.29, 0.717) is 54.5 Å². The standard InChI is InChI=1S/C17H22F2N6OS/c18-11-6-10-7-12(3-4-13(10)14(19)8-11)25-17(27)24(9-22-25)23-16(26)15(21)2-1-5-20/h6,8-9,12,15H,1-5,7,20-21H2,(H,23,26)/t12?,15-/m0/s1. The van der Waals surface area contributed by atoms with E-state index in [9.17, 15) is 13.6 Å². The number of carbonyl (C=O) groups excluding carboxylic acids is 1. The maximum Gasteiger partial charge on any atom is 0.255 e. The second-order valence-corrected chi connectivity index (χ2v) is 7.03. The average Bonchev–Trinajstić information content (AvgIpc) is 2.99. The average molecular weight is 396 g/mol. The summed E-state index contributed by atoms with van der Waals surface area (Å²) in [6.45, 7) is 0.461. The lowest BCUT2D eigenvalue weighted by atomic mass is 9.88. The molecule has 10 heteroatoms. The van der Waals surface area contributed by atoms with Crippen LogP contribution >= 0.6 is 12.2 Å². The minimum atomic E-state index is -0.689. The van der Waals surface area contributed by atoms with Crippen molar-refractivity contribution < 1.29 is 13.6 Å². The van der Waals surface area contributed by atoms with Gasteiger partial charge in [0.2, 0.25) is 4.77 Å². The number of nitrogens with zero attached hydrogens (tertiary/aromatic N) is 3. The number of hydrogen-bond acceptors (Lipinski definition) is 5. The van der Waals surface area contributed by atoms with E-state index in [4.69, 9.17) is 23.7 Å². The van der Waals surface area contributed by atoms with Crippen LogP contribution in [0.3, 0.4) is 0 Å². The van der Waals surface area contributed by atoms with E-state index in [1.807, 2.05) is 0 Å². The maximum atomic E-state index is 13.9. The van der Waals surface area contributed by atoms with Crippen LogP contribution in [0.1, 0.15) is 36.4 Å². The zero-order valence-corrected chi connectivity index (χ0v) is 15.5. The third kappa shape index (κ3) is 4.23. The number of aromatic nitrogens is 3. The molecule has 1 unspecified atom stereocenters. The molecular formula is C17H22F2N6OS. The molecule has 0 spiro atoms. The molecule has 0 radical (unpaired) electrons. The van der Waals surface area contributed by atoms with E-state index >= 15 is 0 Å². The van der Waals surface area contributed by atoms with Crippen molar-refractivity contribution in [1.29, 1.82) is 0 Å². The highest BCUT2D eigenvalue weighted by Gasteiger charge is 2.25. The van der Waals surface area contributed by atoms with Crippen molar-refractivity contribution in [2.45, 2.75) is 44.2 Å². The van der Waals surface area contributed by atoms with Gasteiger partial charge in [0.1, 0.15) is 18.0 Å². The predicted molar refractivity (Wildman–Crippen MR) is 99.1 cm³/mol. The summed E-state index contributed by atoms with van der Waals surface area (Å²) in [4.78, 5) is 12.1. The molecule has 5 N–H and O–H groups in total. The second kappa shape index (κ2) is 8.24. The van der Waals surface area contributed by atoms with E-state index in [-0.39, 0.29) is 11.9 Å². The highest BCUT2D eigenvalue weighted by Crippen LogP contribution is 2.31. The van der Waals surface area contributed by atoms with E-state index in [0.717, 1.165) is 6.07 Å². The molecule has 0 saturated heterocycles. The Morgan fingerprint density at radius 1 is 1.44 bits per heavy atom. The Balaban J connectivity index is 1.74. The predicted octanol–water partition coefficient (Wildman–Crippen LogP) is 1.56. The van der Waals surface area contributed by atoms with Crippen LogP contribution in [0.25, 0.3) is 0 Å². The number of fused-ring (bicyclic) bond motifs is 1. The Morgan fingerprint density at radius 3 is 2.96 bits per heavy atom. The molecule has 3 rings (SSSR count). The molecule has 1 aliphatic rings. The number of benzene rings is 1. The van der Waals surface area contributed by atoms with E-state index in [2.05, 4.69) is 10.5 Å². The molecule has 1 amide bonds. The molecule has 0 fully saturated rings. The van der Waals surface area contributed by atoms with Gasteiger partial charge in [0.15, 0.2) is 0 Å². The minimum Gasteiger partial charge on any atom is -0.330 e. The van der Waals surface area contributed by atoms with Gasteiger partial charge in [-0.3, -0.25) is 10.2 Å². The molecule has 0 saturated carbocycles. The van der Waals surface area contributed by atoms with Gasteiger partial charge >= 0.3 is 0 Å². The quantitative estimate of drug-likeness (QED) is 0.643. The first kappa shape index (κ1) is 19.6. The summed E-state index contributed by atoms with van der Waals surface area (Å²) in [5, 5.41) is 4.24. The lowest BCUT2D eigenvalue weighted by molar-refractivity contribution is -0.118. The number of hydrogen-bond donors (Lipinski definition) is 3. The minimum absolute atomic E-state index is 0.143. The molecule has 1 aromatic heterocycles. The second-order valence-electron chi connectivity index (χ2n) is 6.66. The smallest absolute Gasteiger partial charge is 0.255 e. The summed E-state index contributed by atoms with van der Waals surface area (Å²) < 4.78 is 30.6. The fourth-order valence-electron chi connectivity index (χ4n) is 3.31. The molecule has 2 atom stereocenters. The Labute approximate surface area is 160 Å². The third-order valence-electron chi connectivity index (χ3n) is 4.76. The van der Waals surface area contributed by atoms with Crippen LogP contribution in [0.4, 0.5) is 8.78 Å². The number of nitrogens with one attached hydrogen (secondary N) is 1. The molecule has 1 aliphatic carbocycles. The normalized spacial score (nSPS) is 17.4. The van der Waals surface area contributed by atoms with Crippen LogP contribution in [0.5, 0.6) is 0 Å². The van der Waals surface area contributed by atoms with Gasteiger partial charge < -0.3 is 11.5 Å². The fourth-order valence-corrected chi connectivity index (χ4v) is 3.60. The topological polar surface area (TPSA) is 104 Å². The summed E-state index contributed by atoms with van der Waals surface area (Å²) in [6, 6.07) is 1.42. The molecule has 1 heterocycles. The van der Waals surface area contributed by atoms with E-state index in [1.165, 1.54) is 17.1 Å². The summed E-state index contributed by atoms with van der Waals surface area (Å²) in [7, 11) is 0. The van der Waals surface area contributed by atoms with Gasteiger partial charge in [0.25, 0.3) is 5.91 Å². The van der Waals surface area contributed by atoms with Crippen LogP contribution in [-0.2, 0) is 17.6 Å². The zero-order chi connectivity index (χ0) is 19.6. The van der Waals surface area contributed by atoms with Gasteiger partial charge in [0.05, 0.1) is 12.1 Å². The van der Waals surface area contributed by atoms with Gasteiger partial charge in [-0.1, -0.05) is 0 Å². The third-order valence-corrected chi connectivity index (χ3v) is 5.15. The molecule has 1 aromatic carbocycles. The molecule has 2 aromatic rings. The fraction of sp³-hybridized carbons (Fsp3) is 0.471. The Morgan fingerprint density at radius 2 is 2.22 bits per heavy atom. The Bertz CT molecular complexity index is 896. The highest BCUT2D eigenvalue weighted by molar-refractivity contribution is 7.71. The SMILES string of the molecule is NCCC[C@H](N)C(=O)Nn1cnn(C2CCc3c(F)cc(F)cc3C2)c1=S. The van der Waals surface area contributed by atoms with Crippen LogP contribution in [0, 0.1) is 16.4 Å². The van der Waals surface area contributed by atoms with Gasteiger partial charge in [-0.15, -0.1) is 0 Å². The van der Waals surface area contributed by atoms with Crippen molar-refractivity contribution in [2.75, 3.05) is 12.0 Å². The number of rotatable bonds is 6. The van der Waals surface area contributed by atoms with Crippen molar-refractivity contribution in [3.05, 3.63) is 46.0 Å². The molecule has 0 aliphatic heterocycles. The molecule has 27 heavy (non-hydrogen) atoms. The van der Waals surface area contributed by atoms with Crippen LogP contribution in [-0.4, -0.2) is 33.0 Å². The van der Waals surface area contributed by atoms with Crippen molar-refractivity contribution in [1.82, 2.24) is 14.5 Å². The van der Waals surface area contributed by atoms with Gasteiger partial charge in [-0.2, -0.15) is 5.10 Å². The van der Waals surface area contributed by atoms with Crippen molar-refractivity contribution >= 4 is 18.1 Å². The number of nitrogens with two attached hydrogens (primary N) is 2. The zero-order valence-electron chi connectivity index (χ0n) is 14.7. The van der Waals surface area contributed by atoms with Crippen LogP contribution < -0.4 is 16.9 Å². The van der Waals surface area contributed by atoms with Crippen molar-refractivity contribution in [3.63, 3.8) is 0 Å². The van der Waals surface area contributed by atoms with Crippen LogP contribution in [0.15, 0.2) is 18.5 Å². The van der Waals surface area contributed by atoms with Gasteiger partial charge in [0, 0.05) is 6.07 Å². The lowest BCUT2D eigenvalue weighted by Gasteiger charge is -2.25. The number of amides is 1. The Kier molecular flexibility index (Phi) is 5.98. The largest absolute Gasteiger partial charge is 0.330 e. The van der Waals surface area contributed by atoms with Crippen molar-refractivity contribution in [2.24, 2.45) is 11.5 Å². The Hall–Kier alpha value is -2.17. The van der Waals surface area contributed by atoms with Crippen molar-refractivity contribution in [3.8, 4) is 0 Å². The highest BCUT2D eigenvalue weighted by atomic mass is 32.1. The van der Waals surface area contributed by atoms with Gasteiger partial charge in [-0.25, -0.2) is 18.1 Å². The summed E-state index contributed by atoms with van der Waals surface area (Å²) in [6.07, 6.45) is 4.02. The van der Waals surface area contributed by atoms with E-state index < -0.39 is 17.7 Å². The molecule has 7 nitrogen and oxygen atoms in total.